The number of carbonyl (C=O) groups excluding carboxylic acids is 1. The topological polar surface area (TPSA) is 103 Å². The molecule has 1 saturated heterocycles. The second kappa shape index (κ2) is 8.20. The van der Waals surface area contributed by atoms with Crippen LogP contribution in [-0.2, 0) is 11.3 Å². The number of rotatable bonds is 5. The summed E-state index contributed by atoms with van der Waals surface area (Å²) < 4.78 is 18.8. The summed E-state index contributed by atoms with van der Waals surface area (Å²) in [7, 11) is 3.09. The van der Waals surface area contributed by atoms with Crippen LogP contribution in [0.2, 0.25) is 0 Å². The average Bonchev–Trinajstić information content (AvgIpc) is 3.37. The maximum absolute atomic E-state index is 13.0. The molecule has 0 radical (unpaired) electrons. The van der Waals surface area contributed by atoms with E-state index in [0.717, 1.165) is 43.3 Å². The third-order valence-corrected chi connectivity index (χ3v) is 6.98. The first-order valence-electron chi connectivity index (χ1n) is 11.3. The van der Waals surface area contributed by atoms with Gasteiger partial charge in [0.05, 0.1) is 56.0 Å². The van der Waals surface area contributed by atoms with Crippen LogP contribution >= 0.6 is 0 Å². The van der Waals surface area contributed by atoms with Crippen molar-refractivity contribution in [3.05, 3.63) is 42.4 Å². The average molecular weight is 462 g/mol. The second-order valence-corrected chi connectivity index (χ2v) is 9.56. The lowest BCUT2D eigenvalue weighted by Crippen LogP contribution is -2.45. The molecule has 34 heavy (non-hydrogen) atoms. The van der Waals surface area contributed by atoms with Crippen LogP contribution in [0, 0.1) is 16.7 Å². The molecule has 176 valence electrons. The molecular weight excluding hydrogens is 434 g/mol. The van der Waals surface area contributed by atoms with Crippen LogP contribution in [0.15, 0.2) is 36.8 Å². The van der Waals surface area contributed by atoms with E-state index in [0.29, 0.717) is 29.4 Å². The highest BCUT2D eigenvalue weighted by Crippen LogP contribution is 2.48. The molecule has 1 saturated carbocycles. The van der Waals surface area contributed by atoms with E-state index in [9.17, 15) is 10.1 Å². The lowest BCUT2D eigenvalue weighted by atomic mass is 9.68. The third kappa shape index (κ3) is 3.79. The molecule has 1 aromatic carbocycles. The zero-order chi connectivity index (χ0) is 23.9. The molecule has 2 fully saturated rings. The van der Waals surface area contributed by atoms with E-state index in [4.69, 9.17) is 14.2 Å². The van der Waals surface area contributed by atoms with Crippen molar-refractivity contribution >= 4 is 22.8 Å². The summed E-state index contributed by atoms with van der Waals surface area (Å²) in [6, 6.07) is 9.41. The predicted octanol–water partition coefficient (Wildman–Crippen LogP) is 4.30. The lowest BCUT2D eigenvalue weighted by molar-refractivity contribution is -0.0264. The van der Waals surface area contributed by atoms with Crippen LogP contribution < -0.4 is 14.4 Å². The van der Waals surface area contributed by atoms with E-state index in [-0.39, 0.29) is 11.5 Å². The highest BCUT2D eigenvalue weighted by molar-refractivity contribution is 5.92. The van der Waals surface area contributed by atoms with Crippen molar-refractivity contribution in [1.82, 2.24) is 14.5 Å². The SMILES string of the molecule is COc1cc(OC)c(N2C[C@@]3(CCC[C@](C)(Cn4cnc5ccc(C#N)cc54)C3)OC2=O)cn1. The molecule has 0 N–H and O–H groups in total. The summed E-state index contributed by atoms with van der Waals surface area (Å²) in [5.74, 6) is 0.929. The van der Waals surface area contributed by atoms with Crippen LogP contribution in [0.3, 0.4) is 0 Å². The van der Waals surface area contributed by atoms with E-state index in [1.165, 1.54) is 7.11 Å². The second-order valence-electron chi connectivity index (χ2n) is 9.56. The number of pyridine rings is 1. The number of ether oxygens (including phenoxy) is 3. The largest absolute Gasteiger partial charge is 0.494 e. The van der Waals surface area contributed by atoms with Crippen molar-refractivity contribution in [2.24, 2.45) is 5.41 Å². The minimum atomic E-state index is -0.580. The molecule has 2 atom stereocenters. The number of nitriles is 1. The van der Waals surface area contributed by atoms with Crippen LogP contribution in [0.5, 0.6) is 11.6 Å². The third-order valence-electron chi connectivity index (χ3n) is 6.98. The van der Waals surface area contributed by atoms with E-state index >= 15 is 0 Å². The molecule has 1 spiro atoms. The smallest absolute Gasteiger partial charge is 0.415 e. The lowest BCUT2D eigenvalue weighted by Gasteiger charge is -2.43. The van der Waals surface area contributed by atoms with Gasteiger partial charge < -0.3 is 18.8 Å². The van der Waals surface area contributed by atoms with Gasteiger partial charge in [0, 0.05) is 12.6 Å². The van der Waals surface area contributed by atoms with Crippen LogP contribution in [-0.4, -0.2) is 47.0 Å². The van der Waals surface area contributed by atoms with Gasteiger partial charge in [0.15, 0.2) is 0 Å². The molecule has 0 bridgehead atoms. The molecule has 9 heteroatoms. The number of anilines is 1. The Morgan fingerprint density at radius 2 is 2.06 bits per heavy atom. The molecule has 2 aromatic heterocycles. The van der Waals surface area contributed by atoms with Gasteiger partial charge in [0.25, 0.3) is 0 Å². The summed E-state index contributed by atoms with van der Waals surface area (Å²) in [4.78, 5) is 23.4. The Labute approximate surface area is 197 Å². The van der Waals surface area contributed by atoms with Crippen molar-refractivity contribution in [2.75, 3.05) is 25.7 Å². The normalized spacial score (nSPS) is 24.3. The first-order valence-corrected chi connectivity index (χ1v) is 11.3. The molecule has 5 rings (SSSR count). The van der Waals surface area contributed by atoms with E-state index in [1.807, 2.05) is 18.5 Å². The zero-order valence-corrected chi connectivity index (χ0v) is 19.6. The Morgan fingerprint density at radius 3 is 2.82 bits per heavy atom. The van der Waals surface area contributed by atoms with Crippen molar-refractivity contribution in [1.29, 1.82) is 5.26 Å². The van der Waals surface area contributed by atoms with Gasteiger partial charge in [0.2, 0.25) is 5.88 Å². The molecule has 9 nitrogen and oxygen atoms in total. The number of aromatic nitrogens is 3. The fourth-order valence-electron chi connectivity index (χ4n) is 5.51. The van der Waals surface area contributed by atoms with Gasteiger partial charge in [-0.1, -0.05) is 6.92 Å². The quantitative estimate of drug-likeness (QED) is 0.558. The highest BCUT2D eigenvalue weighted by atomic mass is 16.6. The van der Waals surface area contributed by atoms with Gasteiger partial charge in [-0.3, -0.25) is 4.90 Å². The Morgan fingerprint density at radius 1 is 1.21 bits per heavy atom. The summed E-state index contributed by atoms with van der Waals surface area (Å²) in [5, 5.41) is 9.29. The number of imidazole rings is 1. The Balaban J connectivity index is 1.40. The Hall–Kier alpha value is -3.80. The van der Waals surface area contributed by atoms with Gasteiger partial charge in [-0.25, -0.2) is 14.8 Å². The Bertz CT molecular complexity index is 1300. The van der Waals surface area contributed by atoms with Crippen molar-refractivity contribution in [2.45, 2.75) is 44.8 Å². The van der Waals surface area contributed by atoms with Crippen LogP contribution in [0.1, 0.15) is 38.2 Å². The number of benzene rings is 1. The number of fused-ring (bicyclic) bond motifs is 1. The minimum absolute atomic E-state index is 0.104. The van der Waals surface area contributed by atoms with E-state index in [2.05, 4.69) is 27.5 Å². The molecule has 1 aliphatic heterocycles. The molecule has 1 aliphatic carbocycles. The molecule has 1 amide bonds. The maximum Gasteiger partial charge on any atom is 0.415 e. The molecule has 0 unspecified atom stereocenters. The summed E-state index contributed by atoms with van der Waals surface area (Å²) in [5.41, 5.74) is 2.31. The van der Waals surface area contributed by atoms with Gasteiger partial charge in [-0.15, -0.1) is 0 Å². The monoisotopic (exact) mass is 461 g/mol. The van der Waals surface area contributed by atoms with Gasteiger partial charge in [-0.05, 0) is 49.3 Å². The molecule has 3 heterocycles. The molecule has 2 aliphatic rings. The van der Waals surface area contributed by atoms with Gasteiger partial charge >= 0.3 is 6.09 Å². The number of methoxy groups -OCH3 is 2. The summed E-state index contributed by atoms with van der Waals surface area (Å²) in [6.45, 7) is 3.40. The standard InChI is InChI=1S/C25H27N5O4/c1-24(14-29-16-28-18-6-5-17(11-26)9-19(18)29)7-4-8-25(13-24)15-30(23(31)34-25)20-12-27-22(33-3)10-21(20)32-2/h5-6,9-10,12,16H,4,7-8,13-15H2,1-3H3/t24-,25-/m0/s1. The first kappa shape index (κ1) is 22.0. The highest BCUT2D eigenvalue weighted by Gasteiger charge is 2.52. The Kier molecular flexibility index (Phi) is 5.31. The zero-order valence-electron chi connectivity index (χ0n) is 19.6. The molecular formula is C25H27N5O4. The number of hydrogen-bond acceptors (Lipinski definition) is 7. The predicted molar refractivity (Wildman–Crippen MR) is 125 cm³/mol. The minimum Gasteiger partial charge on any atom is -0.494 e. The van der Waals surface area contributed by atoms with E-state index < -0.39 is 5.60 Å². The first-order chi connectivity index (χ1) is 16.4. The molecule has 3 aromatic rings. The van der Waals surface area contributed by atoms with Gasteiger partial charge in [0.1, 0.15) is 17.0 Å². The number of amides is 1. The van der Waals surface area contributed by atoms with Crippen molar-refractivity contribution in [3.63, 3.8) is 0 Å². The van der Waals surface area contributed by atoms with Gasteiger partial charge in [-0.2, -0.15) is 5.26 Å². The van der Waals surface area contributed by atoms with Crippen LogP contribution in [0.4, 0.5) is 10.5 Å². The fraction of sp³-hybridized carbons (Fsp3) is 0.440. The summed E-state index contributed by atoms with van der Waals surface area (Å²) in [6.07, 6.45) is 6.53. The van der Waals surface area contributed by atoms with E-state index in [1.54, 1.807) is 30.3 Å². The maximum atomic E-state index is 13.0. The van der Waals surface area contributed by atoms with Crippen molar-refractivity contribution in [3.8, 4) is 17.7 Å². The fourth-order valence-corrected chi connectivity index (χ4v) is 5.51. The van der Waals surface area contributed by atoms with Crippen molar-refractivity contribution < 1.29 is 19.0 Å². The van der Waals surface area contributed by atoms with Crippen LogP contribution in [0.25, 0.3) is 11.0 Å². The number of hydrogen-bond donors (Lipinski definition) is 0. The number of nitrogens with zero attached hydrogens (tertiary/aromatic N) is 5. The number of carbonyl (C=O) groups is 1. The summed E-state index contributed by atoms with van der Waals surface area (Å²) >= 11 is 0.